The number of amides is 1. The normalized spacial score (nSPS) is 10.8. The second-order valence-electron chi connectivity index (χ2n) is 3.17. The van der Waals surface area contributed by atoms with Crippen molar-refractivity contribution in [2.75, 3.05) is 0 Å². The molecule has 0 radical (unpaired) electrons. The first kappa shape index (κ1) is 10.6. The van der Waals surface area contributed by atoms with Crippen LogP contribution in [0.1, 0.15) is 5.01 Å². The zero-order valence-electron chi connectivity index (χ0n) is 8.46. The van der Waals surface area contributed by atoms with Crippen LogP contribution in [0, 0.1) is 0 Å². The van der Waals surface area contributed by atoms with E-state index in [1.807, 2.05) is 35.7 Å². The summed E-state index contributed by atoms with van der Waals surface area (Å²) < 4.78 is 0. The van der Waals surface area contributed by atoms with Gasteiger partial charge in [-0.25, -0.2) is 4.98 Å². The highest BCUT2D eigenvalue weighted by molar-refractivity contribution is 7.10. The van der Waals surface area contributed by atoms with Crippen molar-refractivity contribution < 1.29 is 4.79 Å². The molecule has 0 unspecified atom stereocenters. The lowest BCUT2D eigenvalue weighted by molar-refractivity contribution is -0.113. The number of aromatic nitrogens is 1. The number of benzene rings is 1. The highest BCUT2D eigenvalue weighted by Crippen LogP contribution is 2.21. The van der Waals surface area contributed by atoms with Crippen LogP contribution in [0.15, 0.2) is 41.8 Å². The SMILES string of the molecule is NC(=O)C=Cc1nc(-c2ccccc2)cs1. The summed E-state index contributed by atoms with van der Waals surface area (Å²) in [6, 6.07) is 9.89. The molecule has 2 rings (SSSR count). The lowest BCUT2D eigenvalue weighted by atomic mass is 10.2. The van der Waals surface area contributed by atoms with Gasteiger partial charge >= 0.3 is 0 Å². The first-order valence-electron chi connectivity index (χ1n) is 4.74. The Morgan fingerprint density at radius 3 is 2.75 bits per heavy atom. The Balaban J connectivity index is 2.23. The van der Waals surface area contributed by atoms with E-state index in [1.54, 1.807) is 6.08 Å². The lowest BCUT2D eigenvalue weighted by Crippen LogP contribution is -2.04. The molecular weight excluding hydrogens is 220 g/mol. The lowest BCUT2D eigenvalue weighted by Gasteiger charge is -1.93. The number of hydrogen-bond acceptors (Lipinski definition) is 3. The summed E-state index contributed by atoms with van der Waals surface area (Å²) in [5.74, 6) is -0.462. The van der Waals surface area contributed by atoms with Crippen molar-refractivity contribution in [2.45, 2.75) is 0 Å². The topological polar surface area (TPSA) is 56.0 Å². The highest BCUT2D eigenvalue weighted by Gasteiger charge is 2.01. The number of primary amides is 1. The second kappa shape index (κ2) is 4.72. The van der Waals surface area contributed by atoms with Gasteiger partial charge in [-0.05, 0) is 6.08 Å². The minimum absolute atomic E-state index is 0.462. The molecule has 0 aliphatic rings. The van der Waals surface area contributed by atoms with E-state index >= 15 is 0 Å². The smallest absolute Gasteiger partial charge is 0.241 e. The molecular formula is C12H10N2OS. The number of thiazole rings is 1. The van der Waals surface area contributed by atoms with Gasteiger partial charge in [0.25, 0.3) is 0 Å². The number of carbonyl (C=O) groups excluding carboxylic acids is 1. The molecule has 0 bridgehead atoms. The summed E-state index contributed by atoms with van der Waals surface area (Å²) in [6.45, 7) is 0. The molecule has 1 heterocycles. The Hall–Kier alpha value is -1.94. The van der Waals surface area contributed by atoms with Crippen molar-refractivity contribution >= 4 is 23.3 Å². The maximum Gasteiger partial charge on any atom is 0.241 e. The van der Waals surface area contributed by atoms with E-state index in [2.05, 4.69) is 4.98 Å². The van der Waals surface area contributed by atoms with Crippen LogP contribution in [0.4, 0.5) is 0 Å². The number of carbonyl (C=O) groups is 1. The fourth-order valence-electron chi connectivity index (χ4n) is 1.26. The summed E-state index contributed by atoms with van der Waals surface area (Å²) in [5.41, 5.74) is 6.99. The summed E-state index contributed by atoms with van der Waals surface area (Å²) >= 11 is 1.48. The molecule has 2 N–H and O–H groups in total. The van der Waals surface area contributed by atoms with Gasteiger partial charge in [0.05, 0.1) is 5.69 Å². The van der Waals surface area contributed by atoms with Crippen LogP contribution in [-0.4, -0.2) is 10.9 Å². The molecule has 0 atom stereocenters. The summed E-state index contributed by atoms with van der Waals surface area (Å²) in [5, 5.41) is 2.73. The van der Waals surface area contributed by atoms with Gasteiger partial charge in [-0.3, -0.25) is 4.79 Å². The third-order valence-electron chi connectivity index (χ3n) is 1.98. The van der Waals surface area contributed by atoms with Gasteiger partial charge in [0.1, 0.15) is 5.01 Å². The van der Waals surface area contributed by atoms with Gasteiger partial charge in [0.15, 0.2) is 0 Å². The molecule has 1 aromatic heterocycles. The molecule has 80 valence electrons. The van der Waals surface area contributed by atoms with Gasteiger partial charge in [-0.2, -0.15) is 0 Å². The molecule has 0 fully saturated rings. The van der Waals surface area contributed by atoms with E-state index in [0.717, 1.165) is 16.3 Å². The predicted octanol–water partition coefficient (Wildman–Crippen LogP) is 2.31. The van der Waals surface area contributed by atoms with Crippen molar-refractivity contribution in [2.24, 2.45) is 5.73 Å². The number of nitrogens with two attached hydrogens (primary N) is 1. The first-order valence-corrected chi connectivity index (χ1v) is 5.62. The predicted molar refractivity (Wildman–Crippen MR) is 65.8 cm³/mol. The second-order valence-corrected chi connectivity index (χ2v) is 4.06. The maximum absolute atomic E-state index is 10.6. The van der Waals surface area contributed by atoms with Crippen LogP contribution >= 0.6 is 11.3 Å². The van der Waals surface area contributed by atoms with Crippen LogP contribution in [0.2, 0.25) is 0 Å². The highest BCUT2D eigenvalue weighted by atomic mass is 32.1. The molecule has 2 aromatic rings. The van der Waals surface area contributed by atoms with Crippen LogP contribution in [0.25, 0.3) is 17.3 Å². The zero-order valence-corrected chi connectivity index (χ0v) is 9.28. The van der Waals surface area contributed by atoms with E-state index in [4.69, 9.17) is 5.73 Å². The molecule has 0 spiro atoms. The number of nitrogens with zero attached hydrogens (tertiary/aromatic N) is 1. The fourth-order valence-corrected chi connectivity index (χ4v) is 1.98. The summed E-state index contributed by atoms with van der Waals surface area (Å²) in [6.07, 6.45) is 2.94. The van der Waals surface area contributed by atoms with E-state index in [0.29, 0.717) is 0 Å². The fraction of sp³-hybridized carbons (Fsp3) is 0. The van der Waals surface area contributed by atoms with Crippen molar-refractivity contribution in [3.8, 4) is 11.3 Å². The Morgan fingerprint density at radius 2 is 2.06 bits per heavy atom. The quantitative estimate of drug-likeness (QED) is 0.822. The van der Waals surface area contributed by atoms with Crippen molar-refractivity contribution in [3.05, 3.63) is 46.8 Å². The molecule has 0 saturated heterocycles. The van der Waals surface area contributed by atoms with Gasteiger partial charge in [-0.15, -0.1) is 11.3 Å². The van der Waals surface area contributed by atoms with E-state index in [1.165, 1.54) is 17.4 Å². The third-order valence-corrected chi connectivity index (χ3v) is 2.79. The minimum atomic E-state index is -0.462. The first-order chi connectivity index (χ1) is 7.75. The summed E-state index contributed by atoms with van der Waals surface area (Å²) in [4.78, 5) is 14.9. The van der Waals surface area contributed by atoms with Crippen molar-refractivity contribution in [1.82, 2.24) is 4.98 Å². The van der Waals surface area contributed by atoms with E-state index in [-0.39, 0.29) is 0 Å². The molecule has 16 heavy (non-hydrogen) atoms. The van der Waals surface area contributed by atoms with Gasteiger partial charge < -0.3 is 5.73 Å². The minimum Gasteiger partial charge on any atom is -0.366 e. The average Bonchev–Trinajstić information content (AvgIpc) is 2.76. The molecule has 0 aliphatic heterocycles. The van der Waals surface area contributed by atoms with Crippen LogP contribution in [-0.2, 0) is 4.79 Å². The average molecular weight is 230 g/mol. The van der Waals surface area contributed by atoms with Gasteiger partial charge in [-0.1, -0.05) is 30.3 Å². The van der Waals surface area contributed by atoms with Crippen molar-refractivity contribution in [3.63, 3.8) is 0 Å². The Morgan fingerprint density at radius 1 is 1.31 bits per heavy atom. The Kier molecular flexibility index (Phi) is 3.12. The van der Waals surface area contributed by atoms with E-state index in [9.17, 15) is 4.79 Å². The van der Waals surface area contributed by atoms with E-state index < -0.39 is 5.91 Å². The zero-order chi connectivity index (χ0) is 11.4. The molecule has 0 aliphatic carbocycles. The van der Waals surface area contributed by atoms with Crippen molar-refractivity contribution in [1.29, 1.82) is 0 Å². The summed E-state index contributed by atoms with van der Waals surface area (Å²) in [7, 11) is 0. The molecule has 0 saturated carbocycles. The van der Waals surface area contributed by atoms with Gasteiger partial charge in [0.2, 0.25) is 5.91 Å². The standard InChI is InChI=1S/C12H10N2OS/c13-11(15)6-7-12-14-10(8-16-12)9-4-2-1-3-5-9/h1-8H,(H2,13,15). The van der Waals surface area contributed by atoms with Crippen LogP contribution in [0.5, 0.6) is 0 Å². The Labute approximate surface area is 97.3 Å². The Bertz CT molecular complexity index is 517. The monoisotopic (exact) mass is 230 g/mol. The number of rotatable bonds is 3. The molecule has 1 amide bonds. The third kappa shape index (κ3) is 2.55. The largest absolute Gasteiger partial charge is 0.366 e. The van der Waals surface area contributed by atoms with Gasteiger partial charge in [0, 0.05) is 17.0 Å². The molecule has 1 aromatic carbocycles. The molecule has 4 heteroatoms. The van der Waals surface area contributed by atoms with Crippen LogP contribution < -0.4 is 5.73 Å². The maximum atomic E-state index is 10.6. The van der Waals surface area contributed by atoms with Crippen LogP contribution in [0.3, 0.4) is 0 Å². The number of hydrogen-bond donors (Lipinski definition) is 1. The molecule has 3 nitrogen and oxygen atoms in total.